The number of benzene rings is 2. The second kappa shape index (κ2) is 9.12. The van der Waals surface area contributed by atoms with E-state index in [9.17, 15) is 9.50 Å². The zero-order chi connectivity index (χ0) is 18.4. The summed E-state index contributed by atoms with van der Waals surface area (Å²) < 4.78 is 19.3. The van der Waals surface area contributed by atoms with Crippen LogP contribution in [0.5, 0.6) is 5.75 Å². The Bertz CT molecular complexity index is 710. The summed E-state index contributed by atoms with van der Waals surface area (Å²) in [6.45, 7) is 4.24. The van der Waals surface area contributed by atoms with Crippen molar-refractivity contribution in [3.8, 4) is 5.75 Å². The maximum Gasteiger partial charge on any atom is 0.127 e. The second-order valence-electron chi connectivity index (χ2n) is 6.81. The maximum atomic E-state index is 14.0. The van der Waals surface area contributed by atoms with Crippen molar-refractivity contribution in [3.63, 3.8) is 0 Å². The number of hydrogen-bond donors (Lipinski definition) is 1. The number of hydrogen-bond acceptors (Lipinski definition) is 4. The molecule has 0 aliphatic carbocycles. The second-order valence-corrected chi connectivity index (χ2v) is 6.81. The molecule has 1 fully saturated rings. The molecule has 0 spiro atoms. The number of ether oxygens (including phenoxy) is 1. The molecule has 5 heteroatoms. The molecule has 1 N–H and O–H groups in total. The topological polar surface area (TPSA) is 35.9 Å². The van der Waals surface area contributed by atoms with Gasteiger partial charge in [-0.25, -0.2) is 4.39 Å². The van der Waals surface area contributed by atoms with E-state index in [1.165, 1.54) is 11.6 Å². The number of rotatable bonds is 7. The van der Waals surface area contributed by atoms with Gasteiger partial charge in [0.2, 0.25) is 0 Å². The van der Waals surface area contributed by atoms with Gasteiger partial charge in [0.05, 0.1) is 7.11 Å². The fraction of sp³-hybridized carbons (Fsp3) is 0.429. The molecule has 0 aromatic heterocycles. The van der Waals surface area contributed by atoms with E-state index in [1.54, 1.807) is 13.2 Å². The smallest absolute Gasteiger partial charge is 0.127 e. The third-order valence-corrected chi connectivity index (χ3v) is 5.02. The first-order chi connectivity index (χ1) is 12.7. The first kappa shape index (κ1) is 18.8. The van der Waals surface area contributed by atoms with Crippen molar-refractivity contribution < 1.29 is 14.2 Å². The Hall–Kier alpha value is -1.95. The minimum absolute atomic E-state index is 0.144. The van der Waals surface area contributed by atoms with E-state index >= 15 is 0 Å². The lowest BCUT2D eigenvalue weighted by Gasteiger charge is -2.41. The van der Waals surface area contributed by atoms with Crippen LogP contribution in [0.1, 0.15) is 17.5 Å². The van der Waals surface area contributed by atoms with Gasteiger partial charge < -0.3 is 9.84 Å². The third-order valence-electron chi connectivity index (χ3n) is 5.02. The average molecular weight is 358 g/mol. The van der Waals surface area contributed by atoms with Crippen LogP contribution < -0.4 is 4.74 Å². The molecule has 0 radical (unpaired) electrons. The fourth-order valence-corrected chi connectivity index (χ4v) is 3.61. The number of methoxy groups -OCH3 is 1. The van der Waals surface area contributed by atoms with E-state index in [4.69, 9.17) is 4.74 Å². The Labute approximate surface area is 154 Å². The van der Waals surface area contributed by atoms with Crippen molar-refractivity contribution in [1.82, 2.24) is 9.80 Å². The molecule has 1 saturated heterocycles. The molecule has 0 amide bonds. The minimum Gasteiger partial charge on any atom is -0.497 e. The minimum atomic E-state index is -0.158. The fourth-order valence-electron chi connectivity index (χ4n) is 3.61. The summed E-state index contributed by atoms with van der Waals surface area (Å²) in [5, 5.41) is 9.47. The van der Waals surface area contributed by atoms with Crippen LogP contribution in [0.2, 0.25) is 0 Å². The Balaban J connectivity index is 1.64. The van der Waals surface area contributed by atoms with Gasteiger partial charge in [-0.2, -0.15) is 0 Å². The molecule has 1 atom stereocenters. The lowest BCUT2D eigenvalue weighted by molar-refractivity contribution is 0.0493. The molecule has 140 valence electrons. The molecule has 2 aromatic rings. The number of nitrogens with zero attached hydrogens (tertiary/aromatic N) is 2. The van der Waals surface area contributed by atoms with Gasteiger partial charge in [-0.1, -0.05) is 30.3 Å². The zero-order valence-corrected chi connectivity index (χ0v) is 15.3. The molecule has 1 aliphatic rings. The van der Waals surface area contributed by atoms with E-state index in [0.29, 0.717) is 13.0 Å². The van der Waals surface area contributed by atoms with Gasteiger partial charge in [0, 0.05) is 50.9 Å². The molecular weight excluding hydrogens is 331 g/mol. The van der Waals surface area contributed by atoms with Crippen LogP contribution >= 0.6 is 0 Å². The van der Waals surface area contributed by atoms with Gasteiger partial charge in [-0.05, 0) is 30.2 Å². The predicted octanol–water partition coefficient (Wildman–Crippen LogP) is 2.90. The van der Waals surface area contributed by atoms with Crippen LogP contribution in [0, 0.1) is 5.82 Å². The Morgan fingerprint density at radius 1 is 1.12 bits per heavy atom. The molecule has 3 rings (SSSR count). The average Bonchev–Trinajstić information content (AvgIpc) is 2.66. The highest BCUT2D eigenvalue weighted by Gasteiger charge is 2.27. The summed E-state index contributed by atoms with van der Waals surface area (Å²) in [6.07, 6.45) is 0.697. The van der Waals surface area contributed by atoms with Crippen molar-refractivity contribution in [3.05, 3.63) is 65.5 Å². The van der Waals surface area contributed by atoms with Gasteiger partial charge in [-0.15, -0.1) is 0 Å². The Morgan fingerprint density at radius 2 is 1.96 bits per heavy atom. The third kappa shape index (κ3) is 4.81. The molecule has 1 aliphatic heterocycles. The number of piperazine rings is 1. The van der Waals surface area contributed by atoms with Crippen molar-refractivity contribution in [1.29, 1.82) is 0 Å². The molecule has 0 unspecified atom stereocenters. The van der Waals surface area contributed by atoms with Crippen LogP contribution in [0.4, 0.5) is 4.39 Å². The van der Waals surface area contributed by atoms with E-state index in [-0.39, 0.29) is 18.5 Å². The summed E-state index contributed by atoms with van der Waals surface area (Å²) >= 11 is 0. The van der Waals surface area contributed by atoms with Crippen molar-refractivity contribution >= 4 is 0 Å². The molecule has 1 heterocycles. The first-order valence-electron chi connectivity index (χ1n) is 9.13. The van der Waals surface area contributed by atoms with Gasteiger partial charge in [-0.3, -0.25) is 9.80 Å². The van der Waals surface area contributed by atoms with Crippen LogP contribution in [-0.4, -0.2) is 54.3 Å². The van der Waals surface area contributed by atoms with Gasteiger partial charge in [0.15, 0.2) is 0 Å². The normalized spacial score (nSPS) is 18.8. The lowest BCUT2D eigenvalue weighted by atomic mass is 10.1. The number of halogens is 1. The van der Waals surface area contributed by atoms with Gasteiger partial charge >= 0.3 is 0 Å². The monoisotopic (exact) mass is 358 g/mol. The summed E-state index contributed by atoms with van der Waals surface area (Å²) in [7, 11) is 1.68. The van der Waals surface area contributed by atoms with Crippen LogP contribution in [0.15, 0.2) is 48.5 Å². The summed E-state index contributed by atoms with van der Waals surface area (Å²) in [5.74, 6) is 0.710. The molecule has 4 nitrogen and oxygen atoms in total. The Morgan fingerprint density at radius 3 is 2.73 bits per heavy atom. The van der Waals surface area contributed by atoms with Gasteiger partial charge in [0.25, 0.3) is 0 Å². The van der Waals surface area contributed by atoms with Crippen LogP contribution in [0.3, 0.4) is 0 Å². The molecule has 2 aromatic carbocycles. The van der Waals surface area contributed by atoms with Gasteiger partial charge in [0.1, 0.15) is 11.6 Å². The predicted molar refractivity (Wildman–Crippen MR) is 101 cm³/mol. The number of aliphatic hydroxyl groups is 1. The van der Waals surface area contributed by atoms with Crippen molar-refractivity contribution in [2.24, 2.45) is 0 Å². The molecule has 0 bridgehead atoms. The summed E-state index contributed by atoms with van der Waals surface area (Å²) in [6, 6.07) is 15.3. The van der Waals surface area contributed by atoms with E-state index in [0.717, 1.165) is 37.5 Å². The van der Waals surface area contributed by atoms with E-state index in [1.807, 2.05) is 24.3 Å². The van der Waals surface area contributed by atoms with E-state index in [2.05, 4.69) is 21.9 Å². The van der Waals surface area contributed by atoms with Crippen LogP contribution in [-0.2, 0) is 13.1 Å². The maximum absolute atomic E-state index is 14.0. The Kier molecular flexibility index (Phi) is 6.61. The number of aliphatic hydroxyl groups excluding tert-OH is 1. The quantitative estimate of drug-likeness (QED) is 0.826. The highest BCUT2D eigenvalue weighted by atomic mass is 19.1. The SMILES string of the molecule is COc1cccc(CN2CCN(Cc3ccccc3F)[C@H](CCO)C2)c1. The van der Waals surface area contributed by atoms with Crippen LogP contribution in [0.25, 0.3) is 0 Å². The standard InChI is InChI=1S/C21H27FN2O2/c1-26-20-7-4-5-17(13-20)14-23-10-11-24(19(16-23)9-12-25)15-18-6-2-3-8-21(18)22/h2-8,13,19,25H,9-12,14-16H2,1H3/t19-/m1/s1. The first-order valence-corrected chi connectivity index (χ1v) is 9.13. The molecule has 26 heavy (non-hydrogen) atoms. The highest BCUT2D eigenvalue weighted by molar-refractivity contribution is 5.28. The molecular formula is C21H27FN2O2. The van der Waals surface area contributed by atoms with Crippen molar-refractivity contribution in [2.45, 2.75) is 25.6 Å². The zero-order valence-electron chi connectivity index (χ0n) is 15.3. The van der Waals surface area contributed by atoms with E-state index < -0.39 is 0 Å². The lowest BCUT2D eigenvalue weighted by Crippen LogP contribution is -2.52. The van der Waals surface area contributed by atoms with Crippen molar-refractivity contribution in [2.75, 3.05) is 33.4 Å². The largest absolute Gasteiger partial charge is 0.497 e. The summed E-state index contributed by atoms with van der Waals surface area (Å²) in [4.78, 5) is 4.68. The summed E-state index contributed by atoms with van der Waals surface area (Å²) in [5.41, 5.74) is 1.94. The highest BCUT2D eigenvalue weighted by Crippen LogP contribution is 2.21. The molecule has 0 saturated carbocycles.